The van der Waals surface area contributed by atoms with Crippen LogP contribution in [0.5, 0.6) is 0 Å². The second-order valence-electron chi connectivity index (χ2n) is 3.14. The number of hydrogen-bond donors (Lipinski definition) is 1. The molecule has 1 aromatic carbocycles. The number of aliphatic hydroxyl groups is 1. The Balaban J connectivity index is 2.26. The van der Waals surface area contributed by atoms with Crippen LogP contribution in [0.3, 0.4) is 0 Å². The Morgan fingerprint density at radius 2 is 1.94 bits per heavy atom. The molecule has 0 spiro atoms. The lowest BCUT2D eigenvalue weighted by atomic mass is 10.1. The van der Waals surface area contributed by atoms with Gasteiger partial charge in [0.1, 0.15) is 18.2 Å². The molecule has 2 rings (SSSR count). The Morgan fingerprint density at radius 3 is 2.50 bits per heavy atom. The third-order valence-electron chi connectivity index (χ3n) is 2.04. The van der Waals surface area contributed by atoms with Crippen molar-refractivity contribution in [3.05, 3.63) is 47.1 Å². The van der Waals surface area contributed by atoms with Crippen molar-refractivity contribution < 1.29 is 18.4 Å². The molecule has 0 saturated heterocycles. The fraction of sp³-hybridized carbons (Fsp3) is 0.200. The van der Waals surface area contributed by atoms with Crippen LogP contribution in [0.15, 0.2) is 22.7 Å². The first-order valence-corrected chi connectivity index (χ1v) is 4.56. The number of hydrogen-bond acceptors (Lipinski definition) is 4. The second-order valence-corrected chi connectivity index (χ2v) is 3.14. The van der Waals surface area contributed by atoms with Gasteiger partial charge in [0.25, 0.3) is 0 Å². The highest BCUT2D eigenvalue weighted by molar-refractivity contribution is 5.22. The zero-order chi connectivity index (χ0) is 11.5. The van der Waals surface area contributed by atoms with Crippen LogP contribution < -0.4 is 0 Å². The van der Waals surface area contributed by atoms with E-state index in [0.29, 0.717) is 0 Å². The molecular weight excluding hydrogens is 218 g/mol. The molecule has 0 unspecified atom stereocenters. The molecule has 0 aliphatic heterocycles. The van der Waals surface area contributed by atoms with Gasteiger partial charge in [0.15, 0.2) is 5.82 Å². The molecule has 16 heavy (non-hydrogen) atoms. The summed E-state index contributed by atoms with van der Waals surface area (Å²) in [6, 6.07) is 3.59. The van der Waals surface area contributed by atoms with E-state index in [9.17, 15) is 8.78 Å². The Labute approximate surface area is 89.5 Å². The summed E-state index contributed by atoms with van der Waals surface area (Å²) in [6.07, 6.45) is -0.133. The van der Waals surface area contributed by atoms with E-state index in [-0.39, 0.29) is 30.3 Å². The highest BCUT2D eigenvalue weighted by Gasteiger charge is 2.13. The molecular formula is C10H8F2N2O2. The van der Waals surface area contributed by atoms with Crippen molar-refractivity contribution in [1.29, 1.82) is 0 Å². The molecule has 2 aromatic rings. The average Bonchev–Trinajstić information content (AvgIpc) is 2.71. The summed E-state index contributed by atoms with van der Waals surface area (Å²) >= 11 is 0. The fourth-order valence-electron chi connectivity index (χ4n) is 1.28. The Morgan fingerprint density at radius 1 is 1.25 bits per heavy atom. The first kappa shape index (κ1) is 10.7. The van der Waals surface area contributed by atoms with Crippen LogP contribution in [-0.2, 0) is 13.0 Å². The van der Waals surface area contributed by atoms with Crippen LogP contribution in [0.1, 0.15) is 17.3 Å². The maximum atomic E-state index is 13.2. The maximum Gasteiger partial charge on any atom is 0.231 e. The van der Waals surface area contributed by atoms with Crippen LogP contribution >= 0.6 is 0 Å². The van der Waals surface area contributed by atoms with Crippen molar-refractivity contribution in [3.8, 4) is 0 Å². The molecule has 1 heterocycles. The van der Waals surface area contributed by atoms with Crippen LogP contribution in [0, 0.1) is 11.6 Å². The van der Waals surface area contributed by atoms with Gasteiger partial charge in [0.2, 0.25) is 5.89 Å². The van der Waals surface area contributed by atoms with E-state index < -0.39 is 11.6 Å². The Kier molecular flexibility index (Phi) is 2.91. The molecule has 6 heteroatoms. The van der Waals surface area contributed by atoms with E-state index in [2.05, 4.69) is 10.1 Å². The summed E-state index contributed by atoms with van der Waals surface area (Å²) < 4.78 is 31.2. The lowest BCUT2D eigenvalue weighted by Gasteiger charge is -2.00. The summed E-state index contributed by atoms with van der Waals surface area (Å²) in [6.45, 7) is -0.372. The van der Waals surface area contributed by atoms with Gasteiger partial charge < -0.3 is 9.63 Å². The van der Waals surface area contributed by atoms with Gasteiger partial charge in [-0.3, -0.25) is 0 Å². The molecule has 0 radical (unpaired) electrons. The molecule has 0 aliphatic rings. The van der Waals surface area contributed by atoms with Gasteiger partial charge in [-0.05, 0) is 12.1 Å². The van der Waals surface area contributed by atoms with Crippen molar-refractivity contribution in [2.75, 3.05) is 0 Å². The molecule has 0 amide bonds. The van der Waals surface area contributed by atoms with Crippen molar-refractivity contribution in [2.24, 2.45) is 0 Å². The normalized spacial score (nSPS) is 10.7. The quantitative estimate of drug-likeness (QED) is 0.860. The van der Waals surface area contributed by atoms with Crippen molar-refractivity contribution in [2.45, 2.75) is 13.0 Å². The standard InChI is InChI=1S/C10H8F2N2O2/c11-7-2-1-3-8(12)6(7)4-10-13-9(5-15)14-16-10/h1-3,15H,4-5H2. The van der Waals surface area contributed by atoms with Crippen molar-refractivity contribution >= 4 is 0 Å². The van der Waals surface area contributed by atoms with E-state index in [4.69, 9.17) is 9.63 Å². The summed E-state index contributed by atoms with van der Waals surface area (Å²) in [5, 5.41) is 12.1. The minimum absolute atomic E-state index is 0.0630. The van der Waals surface area contributed by atoms with Crippen LogP contribution in [0.4, 0.5) is 8.78 Å². The number of rotatable bonds is 3. The van der Waals surface area contributed by atoms with E-state index in [1.807, 2.05) is 0 Å². The first-order chi connectivity index (χ1) is 7.70. The fourth-order valence-corrected chi connectivity index (χ4v) is 1.28. The molecule has 0 aliphatic carbocycles. The van der Waals surface area contributed by atoms with Crippen molar-refractivity contribution in [1.82, 2.24) is 10.1 Å². The number of halogens is 2. The molecule has 0 atom stereocenters. The lowest BCUT2D eigenvalue weighted by molar-refractivity contribution is 0.263. The summed E-state index contributed by atoms with van der Waals surface area (Å²) in [5.41, 5.74) is -0.129. The lowest BCUT2D eigenvalue weighted by Crippen LogP contribution is -1.97. The van der Waals surface area contributed by atoms with Gasteiger partial charge in [-0.1, -0.05) is 11.2 Å². The third-order valence-corrected chi connectivity index (χ3v) is 2.04. The van der Waals surface area contributed by atoms with Crippen molar-refractivity contribution in [3.63, 3.8) is 0 Å². The summed E-state index contributed by atoms with van der Waals surface area (Å²) in [5.74, 6) is -1.17. The van der Waals surface area contributed by atoms with Gasteiger partial charge in [0, 0.05) is 5.56 Å². The zero-order valence-electron chi connectivity index (χ0n) is 8.15. The molecule has 84 valence electrons. The molecule has 1 N–H and O–H groups in total. The summed E-state index contributed by atoms with van der Waals surface area (Å²) in [7, 11) is 0. The predicted molar refractivity (Wildman–Crippen MR) is 49.4 cm³/mol. The highest BCUT2D eigenvalue weighted by Crippen LogP contribution is 2.15. The topological polar surface area (TPSA) is 59.2 Å². The smallest absolute Gasteiger partial charge is 0.231 e. The SMILES string of the molecule is OCc1noc(Cc2c(F)cccc2F)n1. The number of nitrogens with zero attached hydrogens (tertiary/aromatic N) is 2. The van der Waals surface area contributed by atoms with Gasteiger partial charge in [-0.25, -0.2) is 8.78 Å². The van der Waals surface area contributed by atoms with Crippen LogP contribution in [0.25, 0.3) is 0 Å². The average molecular weight is 226 g/mol. The third kappa shape index (κ3) is 2.06. The Hall–Kier alpha value is -1.82. The zero-order valence-corrected chi connectivity index (χ0v) is 8.15. The van der Waals surface area contributed by atoms with E-state index in [1.165, 1.54) is 6.07 Å². The largest absolute Gasteiger partial charge is 0.388 e. The van der Waals surface area contributed by atoms with E-state index >= 15 is 0 Å². The van der Waals surface area contributed by atoms with Gasteiger partial charge in [0.05, 0.1) is 6.42 Å². The number of aromatic nitrogens is 2. The van der Waals surface area contributed by atoms with E-state index in [0.717, 1.165) is 12.1 Å². The van der Waals surface area contributed by atoms with Gasteiger partial charge >= 0.3 is 0 Å². The second kappa shape index (κ2) is 4.36. The van der Waals surface area contributed by atoms with E-state index in [1.54, 1.807) is 0 Å². The number of aliphatic hydroxyl groups excluding tert-OH is 1. The Bertz CT molecular complexity index is 479. The minimum atomic E-state index is -0.663. The molecule has 0 saturated carbocycles. The van der Waals surface area contributed by atoms with Crippen LogP contribution in [-0.4, -0.2) is 15.2 Å². The van der Waals surface area contributed by atoms with Gasteiger partial charge in [-0.2, -0.15) is 4.98 Å². The predicted octanol–water partition coefficient (Wildman–Crippen LogP) is 1.43. The molecule has 1 aromatic heterocycles. The molecule has 4 nitrogen and oxygen atoms in total. The maximum absolute atomic E-state index is 13.2. The molecule has 0 bridgehead atoms. The minimum Gasteiger partial charge on any atom is -0.388 e. The molecule has 0 fully saturated rings. The number of benzene rings is 1. The highest BCUT2D eigenvalue weighted by atomic mass is 19.1. The first-order valence-electron chi connectivity index (χ1n) is 4.56. The monoisotopic (exact) mass is 226 g/mol. The summed E-state index contributed by atoms with van der Waals surface area (Å²) in [4.78, 5) is 3.75. The van der Waals surface area contributed by atoms with Crippen LogP contribution in [0.2, 0.25) is 0 Å². The van der Waals surface area contributed by atoms with Gasteiger partial charge in [-0.15, -0.1) is 0 Å².